The molecule has 3 N–H and O–H groups in total. The van der Waals surface area contributed by atoms with Gasteiger partial charge >= 0.3 is 0 Å². The first-order valence-corrected chi connectivity index (χ1v) is 12.6. The maximum absolute atomic E-state index is 13.8. The largest absolute Gasteiger partial charge is 0.432 e. The van der Waals surface area contributed by atoms with Gasteiger partial charge in [0.25, 0.3) is 6.01 Å². The minimum Gasteiger partial charge on any atom is -0.432 e. The third-order valence-electron chi connectivity index (χ3n) is 6.95. The van der Waals surface area contributed by atoms with Crippen molar-refractivity contribution in [1.29, 1.82) is 0 Å². The molecule has 1 saturated heterocycles. The summed E-state index contributed by atoms with van der Waals surface area (Å²) in [6.45, 7) is 7.06. The molecule has 3 atom stereocenters. The first-order chi connectivity index (χ1) is 17.6. The number of aliphatic hydroxyl groups is 1. The third kappa shape index (κ3) is 6.53. The highest BCUT2D eigenvalue weighted by Crippen LogP contribution is 2.35. The van der Waals surface area contributed by atoms with Gasteiger partial charge in [-0.15, -0.1) is 0 Å². The van der Waals surface area contributed by atoms with E-state index in [0.29, 0.717) is 30.6 Å². The van der Waals surface area contributed by atoms with Crippen LogP contribution in [0.5, 0.6) is 0 Å². The van der Waals surface area contributed by atoms with Gasteiger partial charge in [0.1, 0.15) is 17.9 Å². The zero-order valence-corrected chi connectivity index (χ0v) is 21.4. The van der Waals surface area contributed by atoms with Gasteiger partial charge in [0.05, 0.1) is 23.9 Å². The molecular formula is C28H34F2N4O3. The number of anilines is 1. The fourth-order valence-electron chi connectivity index (χ4n) is 4.99. The molecule has 2 heterocycles. The highest BCUT2D eigenvalue weighted by atomic mass is 19.1. The molecule has 0 spiro atoms. The molecule has 1 unspecified atom stereocenters. The van der Waals surface area contributed by atoms with Crippen molar-refractivity contribution >= 4 is 11.9 Å². The number of nitrogens with zero attached hydrogens (tertiary/aromatic N) is 2. The van der Waals surface area contributed by atoms with E-state index >= 15 is 0 Å². The maximum atomic E-state index is 13.8. The molecule has 0 aliphatic carbocycles. The second-order valence-electron chi connectivity index (χ2n) is 10.1. The summed E-state index contributed by atoms with van der Waals surface area (Å²) in [5.74, 6) is -1.39. The monoisotopic (exact) mass is 512 g/mol. The molecule has 0 radical (unpaired) electrons. The van der Waals surface area contributed by atoms with E-state index in [9.17, 15) is 18.7 Å². The number of oxazole rings is 1. The quantitative estimate of drug-likeness (QED) is 0.382. The van der Waals surface area contributed by atoms with Crippen LogP contribution in [0, 0.1) is 11.6 Å². The Hall–Kier alpha value is -3.30. The Morgan fingerprint density at radius 1 is 1.22 bits per heavy atom. The Balaban J connectivity index is 1.57. The van der Waals surface area contributed by atoms with Crippen molar-refractivity contribution in [2.75, 3.05) is 24.5 Å². The van der Waals surface area contributed by atoms with Crippen LogP contribution in [0.4, 0.5) is 14.8 Å². The van der Waals surface area contributed by atoms with Crippen molar-refractivity contribution in [1.82, 2.24) is 15.6 Å². The van der Waals surface area contributed by atoms with E-state index in [2.05, 4.69) is 52.6 Å². The number of nitrogens with one attached hydrogen (secondary N) is 2. The molecule has 1 aromatic heterocycles. The summed E-state index contributed by atoms with van der Waals surface area (Å²) in [6.07, 6.45) is 2.95. The number of hydrogen-bond donors (Lipinski definition) is 3. The number of carbonyl (C=O) groups is 1. The van der Waals surface area contributed by atoms with Crippen molar-refractivity contribution < 1.29 is 23.1 Å². The number of aromatic nitrogens is 1. The van der Waals surface area contributed by atoms with E-state index in [-0.39, 0.29) is 18.9 Å². The number of amides is 1. The number of carbonyl (C=O) groups excluding carboxylic acids is 1. The Morgan fingerprint density at radius 3 is 2.62 bits per heavy atom. The fourth-order valence-corrected chi connectivity index (χ4v) is 4.99. The Labute approximate surface area is 215 Å². The smallest absolute Gasteiger partial charge is 0.297 e. The zero-order chi connectivity index (χ0) is 26.6. The van der Waals surface area contributed by atoms with E-state index in [1.54, 1.807) is 12.5 Å². The van der Waals surface area contributed by atoms with Gasteiger partial charge in [-0.2, -0.15) is 0 Å². The van der Waals surface area contributed by atoms with Crippen LogP contribution in [0.3, 0.4) is 0 Å². The summed E-state index contributed by atoms with van der Waals surface area (Å²) in [6, 6.07) is 11.4. The van der Waals surface area contributed by atoms with E-state index in [1.807, 2.05) is 6.07 Å². The van der Waals surface area contributed by atoms with Crippen LogP contribution in [0.15, 0.2) is 59.3 Å². The van der Waals surface area contributed by atoms with Crippen molar-refractivity contribution in [3.8, 4) is 0 Å². The summed E-state index contributed by atoms with van der Waals surface area (Å²) < 4.78 is 33.0. The van der Waals surface area contributed by atoms with Crippen LogP contribution in [-0.4, -0.2) is 47.8 Å². The van der Waals surface area contributed by atoms with Gasteiger partial charge < -0.3 is 25.1 Å². The predicted octanol–water partition coefficient (Wildman–Crippen LogP) is 3.88. The lowest BCUT2D eigenvalue weighted by Crippen LogP contribution is -2.53. The SMILES string of the molecule is CC(=O)N[C@@H](Cc1cc(F)cc(F)c1)[C@H](O)CNC1(c2cccc(C(C)C)c2)CCN(c2ncco2)C1. The summed E-state index contributed by atoms with van der Waals surface area (Å²) in [5.41, 5.74) is 2.14. The van der Waals surface area contributed by atoms with E-state index in [1.165, 1.54) is 24.6 Å². The highest BCUT2D eigenvalue weighted by Gasteiger charge is 2.41. The normalized spacial score (nSPS) is 19.3. The number of aliphatic hydroxyl groups excluding tert-OH is 1. The van der Waals surface area contributed by atoms with E-state index in [4.69, 9.17) is 4.42 Å². The summed E-state index contributed by atoms with van der Waals surface area (Å²) >= 11 is 0. The second kappa shape index (κ2) is 11.4. The minimum absolute atomic E-state index is 0.0788. The van der Waals surface area contributed by atoms with Gasteiger partial charge in [0.15, 0.2) is 0 Å². The van der Waals surface area contributed by atoms with Crippen molar-refractivity contribution in [2.24, 2.45) is 0 Å². The zero-order valence-electron chi connectivity index (χ0n) is 21.4. The maximum Gasteiger partial charge on any atom is 0.297 e. The molecule has 9 heteroatoms. The van der Waals surface area contributed by atoms with Crippen LogP contribution in [0.1, 0.15) is 49.8 Å². The molecule has 0 saturated carbocycles. The molecule has 3 aromatic rings. The minimum atomic E-state index is -1.02. The predicted molar refractivity (Wildman–Crippen MR) is 137 cm³/mol. The van der Waals surface area contributed by atoms with E-state index < -0.39 is 29.3 Å². The third-order valence-corrected chi connectivity index (χ3v) is 6.95. The van der Waals surface area contributed by atoms with Crippen LogP contribution in [0.2, 0.25) is 0 Å². The molecule has 2 aromatic carbocycles. The van der Waals surface area contributed by atoms with Crippen LogP contribution in [0.25, 0.3) is 0 Å². The number of benzene rings is 2. The number of hydrogen-bond acceptors (Lipinski definition) is 6. The van der Waals surface area contributed by atoms with Gasteiger partial charge in [-0.25, -0.2) is 13.8 Å². The van der Waals surface area contributed by atoms with Crippen molar-refractivity contribution in [3.05, 3.63) is 83.2 Å². The lowest BCUT2D eigenvalue weighted by atomic mass is 9.86. The molecule has 7 nitrogen and oxygen atoms in total. The van der Waals surface area contributed by atoms with Crippen molar-refractivity contribution in [2.45, 2.75) is 57.2 Å². The molecule has 0 bridgehead atoms. The van der Waals surface area contributed by atoms with Crippen LogP contribution in [-0.2, 0) is 16.8 Å². The molecule has 37 heavy (non-hydrogen) atoms. The van der Waals surface area contributed by atoms with Gasteiger partial charge in [-0.05, 0) is 47.6 Å². The Morgan fingerprint density at radius 2 is 1.97 bits per heavy atom. The molecule has 1 aliphatic rings. The van der Waals surface area contributed by atoms with Crippen molar-refractivity contribution in [3.63, 3.8) is 0 Å². The summed E-state index contributed by atoms with van der Waals surface area (Å²) in [7, 11) is 0. The van der Waals surface area contributed by atoms with Gasteiger partial charge in [-0.1, -0.05) is 38.1 Å². The second-order valence-corrected chi connectivity index (χ2v) is 10.1. The molecule has 1 aliphatic heterocycles. The van der Waals surface area contributed by atoms with Gasteiger partial charge in [-0.3, -0.25) is 4.79 Å². The summed E-state index contributed by atoms with van der Waals surface area (Å²) in [4.78, 5) is 18.2. The molecular weight excluding hydrogens is 478 g/mol. The Bertz CT molecular complexity index is 1180. The lowest BCUT2D eigenvalue weighted by molar-refractivity contribution is -0.120. The fraction of sp³-hybridized carbons (Fsp3) is 0.429. The average Bonchev–Trinajstić information content (AvgIpc) is 3.52. The van der Waals surface area contributed by atoms with E-state index in [0.717, 1.165) is 18.1 Å². The molecule has 1 fully saturated rings. The van der Waals surface area contributed by atoms with Gasteiger partial charge in [0, 0.05) is 32.6 Å². The lowest BCUT2D eigenvalue weighted by Gasteiger charge is -2.34. The van der Waals surface area contributed by atoms with Gasteiger partial charge in [0.2, 0.25) is 5.91 Å². The highest BCUT2D eigenvalue weighted by molar-refractivity contribution is 5.73. The molecule has 1 amide bonds. The topological polar surface area (TPSA) is 90.6 Å². The van der Waals surface area contributed by atoms with Crippen LogP contribution >= 0.6 is 0 Å². The molecule has 198 valence electrons. The standard InChI is InChI=1S/C28H34F2N4O3/c1-18(2)21-5-4-6-22(14-21)28(7-9-34(17-28)27-31-8-10-37-27)32-16-26(36)25(33-19(3)35)13-20-11-23(29)15-24(30)12-20/h4-6,8,10-12,14-15,18,25-26,32,36H,7,9,13,16-17H2,1-3H3,(H,33,35)/t25-,26+,28?/m0/s1. The first kappa shape index (κ1) is 26.8. The van der Waals surface area contributed by atoms with Crippen LogP contribution < -0.4 is 15.5 Å². The Kier molecular flexibility index (Phi) is 8.24. The average molecular weight is 513 g/mol. The summed E-state index contributed by atoms with van der Waals surface area (Å²) in [5, 5.41) is 17.5. The first-order valence-electron chi connectivity index (χ1n) is 12.6. The number of halogens is 2. The number of rotatable bonds is 10. The molecule has 4 rings (SSSR count).